The zero-order valence-electron chi connectivity index (χ0n) is 10.9. The van der Waals surface area contributed by atoms with Crippen LogP contribution in [0.25, 0.3) is 21.5 Å². The Morgan fingerprint density at radius 2 is 1.45 bits per heavy atom. The third-order valence-electron chi connectivity index (χ3n) is 3.22. The second kappa shape index (κ2) is 5.01. The van der Waals surface area contributed by atoms with E-state index in [1.807, 2.05) is 30.5 Å². The van der Waals surface area contributed by atoms with Crippen molar-refractivity contribution < 1.29 is 5.10 Å². The van der Waals surface area contributed by atoms with Crippen molar-refractivity contribution in [2.24, 2.45) is 16.6 Å². The van der Waals surface area contributed by atoms with Gasteiger partial charge in [0.25, 0.3) is 5.96 Å². The van der Waals surface area contributed by atoms with Crippen LogP contribution in [0.15, 0.2) is 59.7 Å². The predicted octanol–water partition coefficient (Wildman–Crippen LogP) is 0.681. The van der Waals surface area contributed by atoms with E-state index in [1.165, 1.54) is 10.8 Å². The normalized spacial score (nSPS) is 11.2. The molecule has 0 fully saturated rings. The van der Waals surface area contributed by atoms with Crippen molar-refractivity contribution >= 4 is 33.7 Å². The van der Waals surface area contributed by atoms with Crippen molar-refractivity contribution in [1.82, 2.24) is 0 Å². The highest BCUT2D eigenvalue weighted by Gasteiger charge is 2.07. The van der Waals surface area contributed by atoms with E-state index in [0.29, 0.717) is 0 Å². The first-order valence-electron chi connectivity index (χ1n) is 6.33. The van der Waals surface area contributed by atoms with Gasteiger partial charge in [-0.1, -0.05) is 48.5 Å². The number of fused-ring (bicyclic) bond motifs is 2. The van der Waals surface area contributed by atoms with Crippen molar-refractivity contribution in [2.45, 2.75) is 0 Å². The summed E-state index contributed by atoms with van der Waals surface area (Å²) < 4.78 is 0. The summed E-state index contributed by atoms with van der Waals surface area (Å²) in [5.74, 6) is 0.00536. The SMILES string of the molecule is NC(N)=N/[NH+]=C\c1c2ccccc2cc2ccccc12. The first-order chi connectivity index (χ1) is 9.75. The van der Waals surface area contributed by atoms with Crippen LogP contribution in [0.4, 0.5) is 0 Å². The fraction of sp³-hybridized carbons (Fsp3) is 0. The molecule has 0 saturated carbocycles. The lowest BCUT2D eigenvalue weighted by molar-refractivity contribution is -0.456. The maximum Gasteiger partial charge on any atom is 0.256 e. The van der Waals surface area contributed by atoms with E-state index in [1.54, 1.807) is 0 Å². The van der Waals surface area contributed by atoms with E-state index < -0.39 is 0 Å². The van der Waals surface area contributed by atoms with Gasteiger partial charge in [0.15, 0.2) is 0 Å². The van der Waals surface area contributed by atoms with Crippen molar-refractivity contribution in [3.8, 4) is 0 Å². The first-order valence-corrected chi connectivity index (χ1v) is 6.33. The molecule has 0 spiro atoms. The van der Waals surface area contributed by atoms with Crippen LogP contribution < -0.4 is 16.6 Å². The molecule has 3 aromatic rings. The number of hydrogen-bond donors (Lipinski definition) is 3. The molecule has 0 bridgehead atoms. The molecule has 4 nitrogen and oxygen atoms in total. The number of benzene rings is 3. The lowest BCUT2D eigenvalue weighted by atomic mass is 9.97. The highest BCUT2D eigenvalue weighted by Crippen LogP contribution is 2.26. The molecule has 0 saturated heterocycles. The summed E-state index contributed by atoms with van der Waals surface area (Å²) in [7, 11) is 0. The standard InChI is InChI=1S/C16H14N4/c17-16(18)20-19-10-15-13-7-3-1-5-11(13)9-12-6-2-4-8-14(12)15/h1-10H,(H4,17,18,20)/p+1/b19-10-. The molecule has 3 rings (SSSR count). The van der Waals surface area contributed by atoms with Crippen LogP contribution in [0.1, 0.15) is 5.56 Å². The highest BCUT2D eigenvalue weighted by atomic mass is 15.3. The van der Waals surface area contributed by atoms with Gasteiger partial charge in [-0.3, -0.25) is 0 Å². The molecule has 0 aliphatic rings. The third kappa shape index (κ3) is 2.19. The Hall–Kier alpha value is -2.88. The minimum absolute atomic E-state index is 0.00536. The molecule has 0 aliphatic carbocycles. The number of nitrogens with one attached hydrogen (secondary N) is 1. The van der Waals surface area contributed by atoms with Crippen molar-refractivity contribution in [2.75, 3.05) is 0 Å². The van der Waals surface area contributed by atoms with Gasteiger partial charge in [0.05, 0.1) is 5.56 Å². The van der Waals surface area contributed by atoms with Crippen molar-refractivity contribution in [3.05, 3.63) is 60.2 Å². The second-order valence-corrected chi connectivity index (χ2v) is 4.54. The number of nitrogens with two attached hydrogens (primary N) is 2. The summed E-state index contributed by atoms with van der Waals surface area (Å²) in [6.07, 6.45) is 1.82. The topological polar surface area (TPSA) is 78.4 Å². The lowest BCUT2D eigenvalue weighted by Gasteiger charge is -2.05. The number of hydrogen-bond acceptors (Lipinski definition) is 1. The summed E-state index contributed by atoms with van der Waals surface area (Å²) in [4.78, 5) is 0. The Morgan fingerprint density at radius 3 is 2.00 bits per heavy atom. The summed E-state index contributed by atoms with van der Waals surface area (Å²) in [5, 5.41) is 11.3. The Balaban J connectivity index is 2.33. The average molecular weight is 263 g/mol. The molecule has 20 heavy (non-hydrogen) atoms. The minimum Gasteiger partial charge on any atom is -0.365 e. The first kappa shape index (κ1) is 12.2. The number of nitrogens with zero attached hydrogens (tertiary/aromatic N) is 1. The fourth-order valence-electron chi connectivity index (χ4n) is 2.38. The van der Waals surface area contributed by atoms with Gasteiger partial charge >= 0.3 is 0 Å². The van der Waals surface area contributed by atoms with Crippen LogP contribution in [0.5, 0.6) is 0 Å². The fourth-order valence-corrected chi connectivity index (χ4v) is 2.38. The Bertz CT molecular complexity index is 776. The maximum atomic E-state index is 5.33. The Kier molecular flexibility index (Phi) is 3.05. The van der Waals surface area contributed by atoms with Gasteiger partial charge in [-0.05, 0) is 27.6 Å². The molecule has 0 aliphatic heterocycles. The van der Waals surface area contributed by atoms with E-state index >= 15 is 0 Å². The zero-order valence-corrected chi connectivity index (χ0v) is 10.9. The summed E-state index contributed by atoms with van der Waals surface area (Å²) in [5.41, 5.74) is 11.7. The van der Waals surface area contributed by atoms with E-state index in [2.05, 4.69) is 40.5 Å². The van der Waals surface area contributed by atoms with Gasteiger partial charge in [0.1, 0.15) is 0 Å². The van der Waals surface area contributed by atoms with Gasteiger partial charge in [-0.15, -0.1) is 5.10 Å². The van der Waals surface area contributed by atoms with Gasteiger partial charge < -0.3 is 11.5 Å². The summed E-state index contributed by atoms with van der Waals surface area (Å²) in [6.45, 7) is 0. The molecule has 0 heterocycles. The van der Waals surface area contributed by atoms with Crippen LogP contribution in [0.3, 0.4) is 0 Å². The molecular weight excluding hydrogens is 248 g/mol. The van der Waals surface area contributed by atoms with E-state index in [-0.39, 0.29) is 5.96 Å². The van der Waals surface area contributed by atoms with Crippen molar-refractivity contribution in [1.29, 1.82) is 0 Å². The van der Waals surface area contributed by atoms with Crippen molar-refractivity contribution in [3.63, 3.8) is 0 Å². The van der Waals surface area contributed by atoms with E-state index in [0.717, 1.165) is 16.3 Å². The van der Waals surface area contributed by atoms with E-state index in [4.69, 9.17) is 11.5 Å². The summed E-state index contributed by atoms with van der Waals surface area (Å²) in [6, 6.07) is 18.7. The largest absolute Gasteiger partial charge is 0.365 e. The van der Waals surface area contributed by atoms with Gasteiger partial charge in [-0.25, -0.2) is 0 Å². The minimum atomic E-state index is 0.00536. The van der Waals surface area contributed by atoms with Gasteiger partial charge in [0, 0.05) is 5.10 Å². The van der Waals surface area contributed by atoms with Gasteiger partial charge in [0.2, 0.25) is 6.21 Å². The molecule has 4 heteroatoms. The molecule has 0 amide bonds. The average Bonchev–Trinajstić information content (AvgIpc) is 2.46. The third-order valence-corrected chi connectivity index (χ3v) is 3.22. The highest BCUT2D eigenvalue weighted by molar-refractivity contribution is 6.12. The monoisotopic (exact) mass is 263 g/mol. The summed E-state index contributed by atoms with van der Waals surface area (Å²) >= 11 is 0. The number of rotatable bonds is 2. The predicted molar refractivity (Wildman–Crippen MR) is 83.4 cm³/mol. The zero-order chi connectivity index (χ0) is 13.9. The Morgan fingerprint density at radius 1 is 0.900 bits per heavy atom. The molecular formula is C16H15N4+. The van der Waals surface area contributed by atoms with Crippen LogP contribution in [-0.2, 0) is 0 Å². The van der Waals surface area contributed by atoms with Crippen LogP contribution in [-0.4, -0.2) is 12.2 Å². The molecule has 0 aromatic heterocycles. The van der Waals surface area contributed by atoms with Crippen LogP contribution >= 0.6 is 0 Å². The van der Waals surface area contributed by atoms with Crippen LogP contribution in [0, 0.1) is 0 Å². The quantitative estimate of drug-likeness (QED) is 0.275. The second-order valence-electron chi connectivity index (χ2n) is 4.54. The molecule has 0 radical (unpaired) electrons. The van der Waals surface area contributed by atoms with E-state index in [9.17, 15) is 0 Å². The molecule has 98 valence electrons. The Labute approximate surface area is 116 Å². The number of guanidine groups is 1. The maximum absolute atomic E-state index is 5.33. The van der Waals surface area contributed by atoms with Crippen LogP contribution in [0.2, 0.25) is 0 Å². The molecule has 0 unspecified atom stereocenters. The smallest absolute Gasteiger partial charge is 0.256 e. The lowest BCUT2D eigenvalue weighted by Crippen LogP contribution is -2.63. The number of hydrazone groups is 1. The molecule has 5 N–H and O–H groups in total. The molecule has 3 aromatic carbocycles. The molecule has 0 atom stereocenters. The van der Waals surface area contributed by atoms with Gasteiger partial charge in [-0.2, -0.15) is 0 Å².